The van der Waals surface area contributed by atoms with E-state index in [4.69, 9.17) is 5.73 Å². The van der Waals surface area contributed by atoms with Crippen molar-refractivity contribution in [3.8, 4) is 11.1 Å². The number of rotatable bonds is 2. The number of halogens is 2. The smallest absolute Gasteiger partial charge is 0.146 e. The van der Waals surface area contributed by atoms with Crippen LogP contribution in [0.5, 0.6) is 0 Å². The van der Waals surface area contributed by atoms with E-state index in [-0.39, 0.29) is 11.3 Å². The Morgan fingerprint density at radius 2 is 1.85 bits per heavy atom. The maximum atomic E-state index is 13.9. The molecule has 1 aromatic heterocycles. The number of aromatic nitrogens is 2. The Labute approximate surface area is 116 Å². The summed E-state index contributed by atoms with van der Waals surface area (Å²) in [6, 6.07) is 2.52. The second kappa shape index (κ2) is 5.23. The molecule has 0 saturated heterocycles. The second-order valence-corrected chi connectivity index (χ2v) is 5.35. The van der Waals surface area contributed by atoms with Crippen LogP contribution in [0.4, 0.5) is 14.5 Å². The van der Waals surface area contributed by atoms with Crippen LogP contribution in [0.1, 0.15) is 38.1 Å². The molecular formula is C15H17F2N3. The molecule has 0 atom stereocenters. The van der Waals surface area contributed by atoms with Gasteiger partial charge in [0.05, 0.1) is 17.9 Å². The van der Waals surface area contributed by atoms with Crippen molar-refractivity contribution in [1.82, 2.24) is 9.78 Å². The molecule has 1 heterocycles. The van der Waals surface area contributed by atoms with Gasteiger partial charge in [0.1, 0.15) is 11.6 Å². The molecule has 3 nitrogen and oxygen atoms in total. The molecule has 0 unspecified atom stereocenters. The van der Waals surface area contributed by atoms with Gasteiger partial charge in [-0.3, -0.25) is 4.68 Å². The van der Waals surface area contributed by atoms with Crippen LogP contribution in [0.2, 0.25) is 0 Å². The predicted octanol–water partition coefficient (Wildman–Crippen LogP) is 3.92. The molecule has 0 amide bonds. The lowest BCUT2D eigenvalue weighted by molar-refractivity contribution is 0.329. The van der Waals surface area contributed by atoms with Gasteiger partial charge in [-0.05, 0) is 18.9 Å². The average Bonchev–Trinajstić information content (AvgIpc) is 2.93. The van der Waals surface area contributed by atoms with Gasteiger partial charge in [0, 0.05) is 23.4 Å². The fourth-order valence-corrected chi connectivity index (χ4v) is 2.81. The lowest BCUT2D eigenvalue weighted by Crippen LogP contribution is -2.12. The summed E-state index contributed by atoms with van der Waals surface area (Å²) in [7, 11) is 0. The Morgan fingerprint density at radius 1 is 1.10 bits per heavy atom. The Kier molecular flexibility index (Phi) is 3.42. The van der Waals surface area contributed by atoms with Crippen molar-refractivity contribution < 1.29 is 8.78 Å². The molecule has 0 spiro atoms. The molecule has 20 heavy (non-hydrogen) atoms. The van der Waals surface area contributed by atoms with Crippen molar-refractivity contribution in [2.45, 2.75) is 38.1 Å². The molecule has 0 aliphatic heterocycles. The highest BCUT2D eigenvalue weighted by atomic mass is 19.1. The highest BCUT2D eigenvalue weighted by Crippen LogP contribution is 2.31. The minimum Gasteiger partial charge on any atom is -0.396 e. The number of nitrogens with two attached hydrogens (primary N) is 1. The maximum Gasteiger partial charge on any atom is 0.146 e. The van der Waals surface area contributed by atoms with E-state index in [2.05, 4.69) is 5.10 Å². The number of anilines is 1. The summed E-state index contributed by atoms with van der Waals surface area (Å²) < 4.78 is 29.2. The second-order valence-electron chi connectivity index (χ2n) is 5.35. The minimum atomic E-state index is -0.605. The zero-order valence-corrected chi connectivity index (χ0v) is 11.1. The molecule has 1 aliphatic carbocycles. The van der Waals surface area contributed by atoms with Crippen LogP contribution in [0.3, 0.4) is 0 Å². The van der Waals surface area contributed by atoms with Crippen LogP contribution in [0, 0.1) is 11.6 Å². The van der Waals surface area contributed by atoms with Gasteiger partial charge in [0.25, 0.3) is 0 Å². The monoisotopic (exact) mass is 277 g/mol. The van der Waals surface area contributed by atoms with E-state index >= 15 is 0 Å². The topological polar surface area (TPSA) is 43.8 Å². The number of hydrogen-bond acceptors (Lipinski definition) is 2. The van der Waals surface area contributed by atoms with Gasteiger partial charge in [-0.1, -0.05) is 19.3 Å². The molecule has 2 N–H and O–H groups in total. The maximum absolute atomic E-state index is 13.9. The van der Waals surface area contributed by atoms with Gasteiger partial charge in [0.2, 0.25) is 0 Å². The molecule has 3 rings (SSSR count). The molecule has 1 aliphatic rings. The van der Waals surface area contributed by atoms with Crippen molar-refractivity contribution in [3.05, 3.63) is 36.2 Å². The van der Waals surface area contributed by atoms with Crippen LogP contribution in [0.15, 0.2) is 24.5 Å². The number of nitrogens with zero attached hydrogens (tertiary/aromatic N) is 2. The summed E-state index contributed by atoms with van der Waals surface area (Å²) in [4.78, 5) is 0. The summed E-state index contributed by atoms with van der Waals surface area (Å²) in [5.74, 6) is -1.13. The van der Waals surface area contributed by atoms with E-state index < -0.39 is 11.6 Å². The normalized spacial score (nSPS) is 16.5. The Hall–Kier alpha value is -1.91. The van der Waals surface area contributed by atoms with Crippen LogP contribution < -0.4 is 5.73 Å². The summed E-state index contributed by atoms with van der Waals surface area (Å²) >= 11 is 0. The third-order valence-electron chi connectivity index (χ3n) is 3.95. The van der Waals surface area contributed by atoms with Gasteiger partial charge in [-0.2, -0.15) is 5.10 Å². The number of hydrogen-bond donors (Lipinski definition) is 1. The number of benzene rings is 1. The fraction of sp³-hybridized carbons (Fsp3) is 0.400. The molecule has 5 heteroatoms. The van der Waals surface area contributed by atoms with Crippen molar-refractivity contribution in [3.63, 3.8) is 0 Å². The standard InChI is InChI=1S/C15H17F2N3/c16-13-7-15(18)14(17)6-12(13)10-8-19-20(9-10)11-4-2-1-3-5-11/h6-9,11H,1-5,18H2. The third kappa shape index (κ3) is 2.40. The molecule has 106 valence electrons. The van der Waals surface area contributed by atoms with Crippen LogP contribution in [-0.2, 0) is 0 Å². The van der Waals surface area contributed by atoms with Crippen molar-refractivity contribution in [2.75, 3.05) is 5.73 Å². The van der Waals surface area contributed by atoms with Crippen molar-refractivity contribution in [1.29, 1.82) is 0 Å². The minimum absolute atomic E-state index is 0.175. The van der Waals surface area contributed by atoms with Crippen LogP contribution in [0.25, 0.3) is 11.1 Å². The molecule has 1 saturated carbocycles. The van der Waals surface area contributed by atoms with Gasteiger partial charge in [-0.15, -0.1) is 0 Å². The first kappa shape index (κ1) is 13.1. The molecular weight excluding hydrogens is 260 g/mol. The summed E-state index contributed by atoms with van der Waals surface area (Å²) in [6.45, 7) is 0. The van der Waals surface area contributed by atoms with Gasteiger partial charge in [0.15, 0.2) is 0 Å². The van der Waals surface area contributed by atoms with Gasteiger partial charge in [-0.25, -0.2) is 8.78 Å². The van der Waals surface area contributed by atoms with E-state index in [0.717, 1.165) is 25.0 Å². The quantitative estimate of drug-likeness (QED) is 0.846. The first-order chi connectivity index (χ1) is 9.65. The van der Waals surface area contributed by atoms with E-state index in [9.17, 15) is 8.78 Å². The molecule has 2 aromatic rings. The Balaban J connectivity index is 1.91. The molecule has 0 radical (unpaired) electrons. The largest absolute Gasteiger partial charge is 0.396 e. The predicted molar refractivity (Wildman–Crippen MR) is 74.1 cm³/mol. The van der Waals surface area contributed by atoms with Crippen LogP contribution in [-0.4, -0.2) is 9.78 Å². The summed E-state index contributed by atoms with van der Waals surface area (Å²) in [6.07, 6.45) is 9.24. The fourth-order valence-electron chi connectivity index (χ4n) is 2.81. The summed E-state index contributed by atoms with van der Waals surface area (Å²) in [5.41, 5.74) is 5.98. The van der Waals surface area contributed by atoms with E-state index in [1.54, 1.807) is 12.4 Å². The zero-order valence-electron chi connectivity index (χ0n) is 11.1. The Morgan fingerprint density at radius 3 is 2.60 bits per heavy atom. The lowest BCUT2D eigenvalue weighted by atomic mass is 9.96. The number of nitrogen functional groups attached to an aromatic ring is 1. The Bertz CT molecular complexity index is 616. The highest BCUT2D eigenvalue weighted by Gasteiger charge is 2.17. The summed E-state index contributed by atoms with van der Waals surface area (Å²) in [5, 5.41) is 4.31. The zero-order chi connectivity index (χ0) is 14.1. The molecule has 1 aromatic carbocycles. The first-order valence-corrected chi connectivity index (χ1v) is 6.94. The SMILES string of the molecule is Nc1cc(F)c(-c2cnn(C3CCCCC3)c2)cc1F. The van der Waals surface area contributed by atoms with E-state index in [1.165, 1.54) is 19.3 Å². The first-order valence-electron chi connectivity index (χ1n) is 6.94. The highest BCUT2D eigenvalue weighted by molar-refractivity contribution is 5.65. The van der Waals surface area contributed by atoms with Crippen molar-refractivity contribution in [2.24, 2.45) is 0 Å². The average molecular weight is 277 g/mol. The van der Waals surface area contributed by atoms with Crippen LogP contribution >= 0.6 is 0 Å². The van der Waals surface area contributed by atoms with Gasteiger partial charge < -0.3 is 5.73 Å². The van der Waals surface area contributed by atoms with E-state index in [1.807, 2.05) is 4.68 Å². The van der Waals surface area contributed by atoms with Gasteiger partial charge >= 0.3 is 0 Å². The van der Waals surface area contributed by atoms with E-state index in [0.29, 0.717) is 11.6 Å². The van der Waals surface area contributed by atoms with Crippen molar-refractivity contribution >= 4 is 5.69 Å². The molecule has 1 fully saturated rings. The molecule has 0 bridgehead atoms. The lowest BCUT2D eigenvalue weighted by Gasteiger charge is -2.21. The third-order valence-corrected chi connectivity index (χ3v) is 3.95.